The van der Waals surface area contributed by atoms with Gasteiger partial charge in [0.2, 0.25) is 0 Å². The second kappa shape index (κ2) is 8.52. The zero-order valence-corrected chi connectivity index (χ0v) is 14.3. The predicted molar refractivity (Wildman–Crippen MR) is 89.1 cm³/mol. The van der Waals surface area contributed by atoms with Gasteiger partial charge in [-0.15, -0.1) is 0 Å². The molecule has 0 unspecified atom stereocenters. The molecule has 2 aromatic rings. The number of ether oxygens (including phenoxy) is 1. The predicted octanol–water partition coefficient (Wildman–Crippen LogP) is 2.31. The molecule has 0 aliphatic carbocycles. The van der Waals surface area contributed by atoms with Crippen LogP contribution >= 0.6 is 0 Å². The summed E-state index contributed by atoms with van der Waals surface area (Å²) in [5.41, 5.74) is 0.325. The van der Waals surface area contributed by atoms with Crippen molar-refractivity contribution in [1.29, 1.82) is 0 Å². The van der Waals surface area contributed by atoms with Crippen LogP contribution in [0.25, 0.3) is 0 Å². The lowest BCUT2D eigenvalue weighted by molar-refractivity contribution is -0.146. The molecule has 0 saturated carbocycles. The van der Waals surface area contributed by atoms with Crippen molar-refractivity contribution in [2.45, 2.75) is 11.3 Å². The van der Waals surface area contributed by atoms with Crippen LogP contribution in [0.4, 0.5) is 14.5 Å². The standard InChI is InChI=1S/C17H15F2NO5S/c18-12-1-5-14(6-2-12)20-16(21)11-25-17(22)9-10-26(23,24)15-7-3-13(19)4-8-15/h1-8H,9-11H2,(H,20,21). The lowest BCUT2D eigenvalue weighted by atomic mass is 10.3. The fourth-order valence-corrected chi connectivity index (χ4v) is 3.15. The van der Waals surface area contributed by atoms with Gasteiger partial charge in [0.15, 0.2) is 16.4 Å². The molecular weight excluding hydrogens is 368 g/mol. The average molecular weight is 383 g/mol. The van der Waals surface area contributed by atoms with E-state index in [0.717, 1.165) is 36.4 Å². The van der Waals surface area contributed by atoms with Crippen LogP contribution in [0.3, 0.4) is 0 Å². The minimum absolute atomic E-state index is 0.110. The number of halogens is 2. The SMILES string of the molecule is O=C(COC(=O)CCS(=O)(=O)c1ccc(F)cc1)Nc1ccc(F)cc1. The summed E-state index contributed by atoms with van der Waals surface area (Å²) in [5, 5.41) is 2.39. The highest BCUT2D eigenvalue weighted by Crippen LogP contribution is 2.13. The molecule has 1 N–H and O–H groups in total. The number of esters is 1. The van der Waals surface area contributed by atoms with E-state index in [1.807, 2.05) is 0 Å². The number of carbonyl (C=O) groups excluding carboxylic acids is 2. The van der Waals surface area contributed by atoms with Gasteiger partial charge < -0.3 is 10.1 Å². The first-order valence-corrected chi connectivity index (χ1v) is 9.11. The van der Waals surface area contributed by atoms with Crippen molar-refractivity contribution < 1.29 is 31.5 Å². The highest BCUT2D eigenvalue weighted by atomic mass is 32.2. The number of carbonyl (C=O) groups is 2. The first-order valence-electron chi connectivity index (χ1n) is 7.45. The van der Waals surface area contributed by atoms with Gasteiger partial charge in [-0.05, 0) is 48.5 Å². The van der Waals surface area contributed by atoms with Crippen LogP contribution in [0, 0.1) is 11.6 Å². The number of benzene rings is 2. The molecule has 9 heteroatoms. The van der Waals surface area contributed by atoms with Gasteiger partial charge in [-0.2, -0.15) is 0 Å². The second-order valence-corrected chi connectivity index (χ2v) is 7.35. The Balaban J connectivity index is 1.78. The van der Waals surface area contributed by atoms with Crippen LogP contribution in [0.5, 0.6) is 0 Å². The number of hydrogen-bond donors (Lipinski definition) is 1. The molecule has 1 amide bonds. The third-order valence-electron chi connectivity index (χ3n) is 3.24. The van der Waals surface area contributed by atoms with E-state index in [9.17, 15) is 26.8 Å². The molecule has 0 fully saturated rings. The van der Waals surface area contributed by atoms with E-state index in [2.05, 4.69) is 5.32 Å². The van der Waals surface area contributed by atoms with Crippen molar-refractivity contribution in [1.82, 2.24) is 0 Å². The summed E-state index contributed by atoms with van der Waals surface area (Å²) in [5.74, 6) is -3.08. The zero-order valence-electron chi connectivity index (χ0n) is 13.4. The van der Waals surface area contributed by atoms with Crippen LogP contribution < -0.4 is 5.32 Å². The molecule has 0 aromatic heterocycles. The van der Waals surface area contributed by atoms with Gasteiger partial charge in [0.1, 0.15) is 11.6 Å². The zero-order chi connectivity index (χ0) is 19.2. The fourth-order valence-electron chi connectivity index (χ4n) is 1.93. The summed E-state index contributed by atoms with van der Waals surface area (Å²) in [6, 6.07) is 9.20. The van der Waals surface area contributed by atoms with Gasteiger partial charge in [-0.1, -0.05) is 0 Å². The molecule has 0 heterocycles. The fraction of sp³-hybridized carbons (Fsp3) is 0.176. The molecule has 0 bridgehead atoms. The number of nitrogens with one attached hydrogen (secondary N) is 1. The minimum atomic E-state index is -3.77. The molecule has 2 aromatic carbocycles. The molecule has 0 radical (unpaired) electrons. The maximum absolute atomic E-state index is 12.8. The molecule has 0 spiro atoms. The maximum Gasteiger partial charge on any atom is 0.307 e. The third-order valence-corrected chi connectivity index (χ3v) is 4.97. The first kappa shape index (κ1) is 19.5. The Labute approximate surface area is 148 Å². The van der Waals surface area contributed by atoms with Gasteiger partial charge in [0, 0.05) is 5.69 Å². The van der Waals surface area contributed by atoms with Gasteiger partial charge >= 0.3 is 5.97 Å². The highest BCUT2D eigenvalue weighted by molar-refractivity contribution is 7.91. The topological polar surface area (TPSA) is 89.5 Å². The quantitative estimate of drug-likeness (QED) is 0.585. The van der Waals surface area contributed by atoms with Crippen molar-refractivity contribution in [2.24, 2.45) is 0 Å². The normalized spacial score (nSPS) is 11.0. The number of hydrogen-bond acceptors (Lipinski definition) is 5. The largest absolute Gasteiger partial charge is 0.456 e. The van der Waals surface area contributed by atoms with E-state index in [0.29, 0.717) is 5.69 Å². The molecule has 0 aliphatic heterocycles. The van der Waals surface area contributed by atoms with Crippen molar-refractivity contribution in [3.8, 4) is 0 Å². The number of amides is 1. The number of sulfone groups is 1. The molecular formula is C17H15F2NO5S. The van der Waals surface area contributed by atoms with Crippen LogP contribution in [-0.2, 0) is 24.2 Å². The summed E-state index contributed by atoms with van der Waals surface area (Å²) >= 11 is 0. The lowest BCUT2D eigenvalue weighted by Crippen LogP contribution is -2.22. The van der Waals surface area contributed by atoms with E-state index in [1.54, 1.807) is 0 Å². The van der Waals surface area contributed by atoms with Crippen LogP contribution in [0.2, 0.25) is 0 Å². The molecule has 26 heavy (non-hydrogen) atoms. The minimum Gasteiger partial charge on any atom is -0.456 e. The molecule has 0 atom stereocenters. The summed E-state index contributed by atoms with van der Waals surface area (Å²) < 4.78 is 54.3. The smallest absolute Gasteiger partial charge is 0.307 e. The lowest BCUT2D eigenvalue weighted by Gasteiger charge is -2.07. The van der Waals surface area contributed by atoms with Crippen molar-refractivity contribution >= 4 is 27.4 Å². The third kappa shape index (κ3) is 5.92. The number of rotatable bonds is 7. The van der Waals surface area contributed by atoms with E-state index < -0.39 is 52.1 Å². The molecule has 6 nitrogen and oxygen atoms in total. The monoisotopic (exact) mass is 383 g/mol. The van der Waals surface area contributed by atoms with Gasteiger partial charge in [0.05, 0.1) is 17.1 Å². The average Bonchev–Trinajstić information content (AvgIpc) is 2.61. The Bertz CT molecular complexity index is 880. The Hall–Kier alpha value is -2.81. The van der Waals surface area contributed by atoms with E-state index >= 15 is 0 Å². The van der Waals surface area contributed by atoms with E-state index in [-0.39, 0.29) is 4.90 Å². The molecule has 138 valence electrons. The number of anilines is 1. The van der Waals surface area contributed by atoms with Crippen LogP contribution in [0.15, 0.2) is 53.4 Å². The van der Waals surface area contributed by atoms with Crippen LogP contribution in [-0.4, -0.2) is 32.7 Å². The summed E-state index contributed by atoms with van der Waals surface area (Å²) in [7, 11) is -3.77. The Morgan fingerprint density at radius 2 is 1.46 bits per heavy atom. The van der Waals surface area contributed by atoms with Gasteiger partial charge in [0.25, 0.3) is 5.91 Å². The summed E-state index contributed by atoms with van der Waals surface area (Å²) in [4.78, 5) is 23.1. The molecule has 2 rings (SSSR count). The first-order chi connectivity index (χ1) is 12.3. The maximum atomic E-state index is 12.8. The van der Waals surface area contributed by atoms with Gasteiger partial charge in [-0.25, -0.2) is 17.2 Å². The Morgan fingerprint density at radius 3 is 2.04 bits per heavy atom. The Kier molecular flexibility index (Phi) is 6.40. The van der Waals surface area contributed by atoms with Crippen LogP contribution in [0.1, 0.15) is 6.42 Å². The molecule has 0 aliphatic rings. The van der Waals surface area contributed by atoms with Crippen molar-refractivity contribution in [2.75, 3.05) is 17.7 Å². The van der Waals surface area contributed by atoms with Gasteiger partial charge in [-0.3, -0.25) is 9.59 Å². The van der Waals surface area contributed by atoms with Crippen molar-refractivity contribution in [3.05, 3.63) is 60.2 Å². The summed E-state index contributed by atoms with van der Waals surface area (Å²) in [6.07, 6.45) is -0.455. The van der Waals surface area contributed by atoms with E-state index in [4.69, 9.17) is 4.74 Å². The second-order valence-electron chi connectivity index (χ2n) is 5.24. The Morgan fingerprint density at radius 1 is 0.923 bits per heavy atom. The summed E-state index contributed by atoms with van der Waals surface area (Å²) in [6.45, 7) is -0.604. The highest BCUT2D eigenvalue weighted by Gasteiger charge is 2.18. The molecule has 0 saturated heterocycles. The van der Waals surface area contributed by atoms with E-state index in [1.165, 1.54) is 12.1 Å². The van der Waals surface area contributed by atoms with Crippen molar-refractivity contribution in [3.63, 3.8) is 0 Å².